The molecule has 1 amide bonds. The van der Waals surface area contributed by atoms with Crippen molar-refractivity contribution in [2.45, 2.75) is 13.0 Å². The first-order valence-electron chi connectivity index (χ1n) is 7.97. The first kappa shape index (κ1) is 19.3. The number of benzene rings is 2. The lowest BCUT2D eigenvalue weighted by molar-refractivity contribution is -0.384. The van der Waals surface area contributed by atoms with Gasteiger partial charge >= 0.3 is 0 Å². The molecule has 0 aliphatic carbocycles. The van der Waals surface area contributed by atoms with Crippen LogP contribution in [-0.4, -0.2) is 36.4 Å². The van der Waals surface area contributed by atoms with E-state index in [0.717, 1.165) is 23.4 Å². The Labute approximate surface area is 160 Å². The van der Waals surface area contributed by atoms with Gasteiger partial charge in [-0.25, -0.2) is 8.42 Å². The molecule has 0 unspecified atom stereocenters. The van der Waals surface area contributed by atoms with Gasteiger partial charge in [0.1, 0.15) is 0 Å². The normalized spacial score (nSPS) is 14.4. The van der Waals surface area contributed by atoms with Gasteiger partial charge < -0.3 is 5.32 Å². The number of hydrogen-bond acceptors (Lipinski definition) is 5. The maximum Gasteiger partial charge on any atom is 0.270 e. The van der Waals surface area contributed by atoms with Gasteiger partial charge in [0.2, 0.25) is 10.0 Å². The van der Waals surface area contributed by atoms with Crippen molar-refractivity contribution in [3.63, 3.8) is 0 Å². The molecule has 2 aromatic rings. The minimum atomic E-state index is -3.30. The summed E-state index contributed by atoms with van der Waals surface area (Å²) in [6.07, 6.45) is 1.75. The molecule has 0 bridgehead atoms. The van der Waals surface area contributed by atoms with E-state index < -0.39 is 20.9 Å². The number of non-ortho nitro benzene ring substituents is 1. The number of rotatable bonds is 4. The van der Waals surface area contributed by atoms with Gasteiger partial charge in [-0.15, -0.1) is 0 Å². The van der Waals surface area contributed by atoms with E-state index in [9.17, 15) is 23.3 Å². The minimum Gasteiger partial charge on any atom is -0.322 e. The molecule has 142 valence electrons. The lowest BCUT2D eigenvalue weighted by atomic mass is 10.0. The fourth-order valence-electron chi connectivity index (χ4n) is 2.89. The zero-order valence-corrected chi connectivity index (χ0v) is 15.9. The van der Waals surface area contributed by atoms with Crippen molar-refractivity contribution in [1.29, 1.82) is 0 Å². The van der Waals surface area contributed by atoms with Gasteiger partial charge in [-0.2, -0.15) is 4.31 Å². The summed E-state index contributed by atoms with van der Waals surface area (Å²) in [5.41, 5.74) is 2.02. The Morgan fingerprint density at radius 1 is 1.22 bits per heavy atom. The molecule has 0 radical (unpaired) electrons. The smallest absolute Gasteiger partial charge is 0.270 e. The van der Waals surface area contributed by atoms with Crippen LogP contribution in [0.25, 0.3) is 0 Å². The molecular weight excluding hydrogens is 394 g/mol. The second-order valence-corrected chi connectivity index (χ2v) is 8.60. The molecule has 2 aromatic carbocycles. The van der Waals surface area contributed by atoms with Crippen LogP contribution < -0.4 is 5.32 Å². The Morgan fingerprint density at radius 3 is 2.63 bits per heavy atom. The lowest BCUT2D eigenvalue weighted by Crippen LogP contribution is -2.35. The highest BCUT2D eigenvalue weighted by Gasteiger charge is 2.23. The van der Waals surface area contributed by atoms with Gasteiger partial charge in [0.15, 0.2) is 0 Å². The van der Waals surface area contributed by atoms with Gasteiger partial charge in [-0.3, -0.25) is 14.9 Å². The van der Waals surface area contributed by atoms with E-state index in [4.69, 9.17) is 11.6 Å². The average Bonchev–Trinajstić information content (AvgIpc) is 2.60. The molecule has 0 atom stereocenters. The van der Waals surface area contributed by atoms with Crippen LogP contribution in [0.3, 0.4) is 0 Å². The highest BCUT2D eigenvalue weighted by Crippen LogP contribution is 2.26. The summed E-state index contributed by atoms with van der Waals surface area (Å²) in [6.45, 7) is 0.649. The van der Waals surface area contributed by atoms with E-state index >= 15 is 0 Å². The van der Waals surface area contributed by atoms with E-state index in [1.807, 2.05) is 6.07 Å². The number of carbonyl (C=O) groups is 1. The van der Waals surface area contributed by atoms with Crippen molar-refractivity contribution in [1.82, 2.24) is 4.31 Å². The summed E-state index contributed by atoms with van der Waals surface area (Å²) in [7, 11) is -3.30. The van der Waals surface area contributed by atoms with E-state index in [0.29, 0.717) is 18.7 Å². The molecule has 1 heterocycles. The first-order chi connectivity index (χ1) is 12.6. The fourth-order valence-corrected chi connectivity index (χ4v) is 3.89. The summed E-state index contributed by atoms with van der Waals surface area (Å²) in [4.78, 5) is 22.8. The molecule has 10 heteroatoms. The zero-order chi connectivity index (χ0) is 19.8. The van der Waals surface area contributed by atoms with Gasteiger partial charge in [-0.1, -0.05) is 17.7 Å². The largest absolute Gasteiger partial charge is 0.322 e. The Hall–Kier alpha value is -2.49. The summed E-state index contributed by atoms with van der Waals surface area (Å²) in [5.74, 6) is -0.584. The molecule has 3 rings (SSSR count). The molecule has 8 nitrogen and oxygen atoms in total. The number of carbonyl (C=O) groups excluding carboxylic acids is 1. The molecule has 1 aliphatic rings. The second kappa shape index (κ2) is 7.26. The van der Waals surface area contributed by atoms with Crippen molar-refractivity contribution < 1.29 is 18.1 Å². The molecule has 1 N–H and O–H groups in total. The number of anilines is 1. The highest BCUT2D eigenvalue weighted by molar-refractivity contribution is 7.88. The predicted molar refractivity (Wildman–Crippen MR) is 101 cm³/mol. The van der Waals surface area contributed by atoms with Crippen LogP contribution in [0.4, 0.5) is 11.4 Å². The molecule has 0 saturated carbocycles. The quantitative estimate of drug-likeness (QED) is 0.616. The van der Waals surface area contributed by atoms with Crippen LogP contribution in [-0.2, 0) is 23.0 Å². The van der Waals surface area contributed by atoms with E-state index in [-0.39, 0.29) is 22.8 Å². The van der Waals surface area contributed by atoms with Crippen LogP contribution in [0.15, 0.2) is 36.4 Å². The van der Waals surface area contributed by atoms with Crippen LogP contribution in [0.1, 0.15) is 21.5 Å². The molecule has 0 spiro atoms. The van der Waals surface area contributed by atoms with Gasteiger partial charge in [-0.05, 0) is 35.7 Å². The molecular formula is C17H16ClN3O5S. The number of nitrogens with zero attached hydrogens (tertiary/aromatic N) is 2. The Balaban J connectivity index is 1.84. The van der Waals surface area contributed by atoms with Crippen molar-refractivity contribution in [2.75, 3.05) is 18.1 Å². The Kier molecular flexibility index (Phi) is 5.18. The SMILES string of the molecule is CS(=O)(=O)N1CCc2ccc(NC(=O)c3cc([N+](=O)[O-])ccc3Cl)cc2C1. The van der Waals surface area contributed by atoms with Crippen LogP contribution in [0.5, 0.6) is 0 Å². The van der Waals surface area contributed by atoms with Crippen molar-refractivity contribution in [3.8, 4) is 0 Å². The number of halogens is 1. The van der Waals surface area contributed by atoms with Crippen molar-refractivity contribution in [2.24, 2.45) is 0 Å². The molecule has 0 fully saturated rings. The number of amides is 1. The second-order valence-electron chi connectivity index (χ2n) is 6.21. The minimum absolute atomic E-state index is 0.0126. The fraction of sp³-hybridized carbons (Fsp3) is 0.235. The van der Waals surface area contributed by atoms with Gasteiger partial charge in [0.25, 0.3) is 11.6 Å². The standard InChI is InChI=1S/C17H16ClN3O5S/c1-27(25,26)20-7-6-11-2-3-13(8-12(11)10-20)19-17(22)15-9-14(21(23)24)4-5-16(15)18/h2-5,8-9H,6-7,10H2,1H3,(H,19,22). The Bertz CT molecular complexity index is 1040. The number of nitrogens with one attached hydrogen (secondary N) is 1. The van der Waals surface area contributed by atoms with Crippen molar-refractivity contribution >= 4 is 38.9 Å². The van der Waals surface area contributed by atoms with Crippen LogP contribution in [0.2, 0.25) is 5.02 Å². The third-order valence-corrected chi connectivity index (χ3v) is 5.90. The summed E-state index contributed by atoms with van der Waals surface area (Å²) in [5, 5.41) is 13.6. The van der Waals surface area contributed by atoms with E-state index in [1.165, 1.54) is 16.4 Å². The zero-order valence-electron chi connectivity index (χ0n) is 14.3. The summed E-state index contributed by atoms with van der Waals surface area (Å²) < 4.78 is 24.9. The third-order valence-electron chi connectivity index (χ3n) is 4.32. The number of fused-ring (bicyclic) bond motifs is 1. The maximum atomic E-state index is 12.5. The monoisotopic (exact) mass is 409 g/mol. The van der Waals surface area contributed by atoms with E-state index in [1.54, 1.807) is 12.1 Å². The van der Waals surface area contributed by atoms with Crippen LogP contribution >= 0.6 is 11.6 Å². The van der Waals surface area contributed by atoms with Gasteiger partial charge in [0, 0.05) is 30.9 Å². The Morgan fingerprint density at radius 2 is 1.96 bits per heavy atom. The number of nitro groups is 1. The maximum absolute atomic E-state index is 12.5. The lowest BCUT2D eigenvalue weighted by Gasteiger charge is -2.27. The van der Waals surface area contributed by atoms with E-state index in [2.05, 4.69) is 5.32 Å². The number of hydrogen-bond donors (Lipinski definition) is 1. The van der Waals surface area contributed by atoms with Crippen molar-refractivity contribution in [3.05, 3.63) is 68.2 Å². The third kappa shape index (κ3) is 4.26. The highest BCUT2D eigenvalue weighted by atomic mass is 35.5. The number of nitro benzene ring substituents is 1. The predicted octanol–water partition coefficient (Wildman–Crippen LogP) is 2.82. The summed E-state index contributed by atoms with van der Waals surface area (Å²) >= 11 is 5.99. The average molecular weight is 410 g/mol. The molecule has 0 saturated heterocycles. The molecule has 1 aliphatic heterocycles. The molecule has 27 heavy (non-hydrogen) atoms. The first-order valence-corrected chi connectivity index (χ1v) is 10.2. The number of sulfonamides is 1. The van der Waals surface area contributed by atoms with Gasteiger partial charge in [0.05, 0.1) is 21.8 Å². The topological polar surface area (TPSA) is 110 Å². The van der Waals surface area contributed by atoms with Crippen LogP contribution in [0, 0.1) is 10.1 Å². The molecule has 0 aromatic heterocycles. The summed E-state index contributed by atoms with van der Waals surface area (Å²) in [6, 6.07) is 8.87.